The second-order valence-corrected chi connectivity index (χ2v) is 6.30. The molecule has 0 saturated carbocycles. The molecule has 0 aliphatic carbocycles. The Morgan fingerprint density at radius 2 is 2.14 bits per heavy atom. The van der Waals surface area contributed by atoms with Gasteiger partial charge in [-0.15, -0.1) is 0 Å². The third-order valence-electron chi connectivity index (χ3n) is 3.84. The Kier molecular flexibility index (Phi) is 5.73. The number of ether oxygens (including phenoxy) is 1. The van der Waals surface area contributed by atoms with Crippen molar-refractivity contribution in [2.75, 3.05) is 0 Å². The molecule has 152 valence electrons. The van der Waals surface area contributed by atoms with Gasteiger partial charge in [0, 0.05) is 24.3 Å². The van der Waals surface area contributed by atoms with Crippen LogP contribution in [0.25, 0.3) is 17.5 Å². The van der Waals surface area contributed by atoms with E-state index in [-0.39, 0.29) is 23.9 Å². The van der Waals surface area contributed by atoms with Crippen molar-refractivity contribution < 1.29 is 27.2 Å². The molecule has 0 saturated heterocycles. The van der Waals surface area contributed by atoms with Gasteiger partial charge in [-0.3, -0.25) is 4.68 Å². The first-order valence-corrected chi connectivity index (χ1v) is 8.57. The molecule has 0 fully saturated rings. The quantitative estimate of drug-likeness (QED) is 0.449. The lowest BCUT2D eigenvalue weighted by molar-refractivity contribution is -0.140. The van der Waals surface area contributed by atoms with E-state index >= 15 is 0 Å². The summed E-state index contributed by atoms with van der Waals surface area (Å²) in [6, 6.07) is 4.50. The summed E-state index contributed by atoms with van der Waals surface area (Å²) in [6.45, 7) is 1.40. The van der Waals surface area contributed by atoms with E-state index in [1.54, 1.807) is 14.0 Å². The number of rotatable bonds is 5. The molecule has 0 radical (unpaired) electrons. The lowest BCUT2D eigenvalue weighted by Gasteiger charge is -2.06. The maximum absolute atomic E-state index is 12.8. The van der Waals surface area contributed by atoms with Crippen molar-refractivity contribution in [3.63, 3.8) is 0 Å². The maximum Gasteiger partial charge on any atom is 0.416 e. The van der Waals surface area contributed by atoms with E-state index in [0.29, 0.717) is 16.4 Å². The zero-order chi connectivity index (χ0) is 21.2. The Morgan fingerprint density at radius 3 is 2.79 bits per heavy atom. The molecule has 0 amide bonds. The molecule has 0 aliphatic rings. The standard InChI is InChI=1S/C18H14ClF3N4O3/c1-10-13(16(19)26(2)24-10)6-7-15(27)28-9-14-23-17(25-29-14)11-4-3-5-12(8-11)18(20,21)22/h3-8H,9H2,1-2H3/b7-6+. The number of aryl methyl sites for hydroxylation is 2. The summed E-state index contributed by atoms with van der Waals surface area (Å²) in [4.78, 5) is 15.8. The van der Waals surface area contributed by atoms with Gasteiger partial charge in [-0.2, -0.15) is 23.3 Å². The van der Waals surface area contributed by atoms with Gasteiger partial charge in [-0.25, -0.2) is 4.79 Å². The molecule has 11 heteroatoms. The molecule has 29 heavy (non-hydrogen) atoms. The summed E-state index contributed by atoms with van der Waals surface area (Å²) in [5.41, 5.74) is 0.518. The lowest BCUT2D eigenvalue weighted by Crippen LogP contribution is -2.04. The van der Waals surface area contributed by atoms with Crippen LogP contribution in [0.15, 0.2) is 34.9 Å². The third-order valence-corrected chi connectivity index (χ3v) is 4.28. The van der Waals surface area contributed by atoms with E-state index in [9.17, 15) is 18.0 Å². The number of hydrogen-bond acceptors (Lipinski definition) is 6. The highest BCUT2D eigenvalue weighted by Crippen LogP contribution is 2.31. The van der Waals surface area contributed by atoms with Gasteiger partial charge < -0.3 is 9.26 Å². The van der Waals surface area contributed by atoms with Gasteiger partial charge in [-0.1, -0.05) is 28.9 Å². The van der Waals surface area contributed by atoms with Crippen LogP contribution in [0, 0.1) is 6.92 Å². The van der Waals surface area contributed by atoms with Gasteiger partial charge in [0.1, 0.15) is 5.15 Å². The summed E-state index contributed by atoms with van der Waals surface area (Å²) in [6.07, 6.45) is -1.85. The fourth-order valence-corrected chi connectivity index (χ4v) is 2.67. The number of carbonyl (C=O) groups is 1. The molecule has 3 aromatic rings. The molecule has 7 nitrogen and oxygen atoms in total. The van der Waals surface area contributed by atoms with Gasteiger partial charge in [0.25, 0.3) is 5.89 Å². The van der Waals surface area contributed by atoms with E-state index in [1.165, 1.54) is 29.0 Å². The van der Waals surface area contributed by atoms with Crippen molar-refractivity contribution >= 4 is 23.6 Å². The molecular formula is C18H14ClF3N4O3. The van der Waals surface area contributed by atoms with Gasteiger partial charge in [-0.05, 0) is 25.1 Å². The van der Waals surface area contributed by atoms with Crippen LogP contribution in [-0.4, -0.2) is 25.9 Å². The molecule has 0 spiro atoms. The van der Waals surface area contributed by atoms with Gasteiger partial charge in [0.2, 0.25) is 5.82 Å². The Labute approximate surface area is 167 Å². The zero-order valence-corrected chi connectivity index (χ0v) is 16.0. The topological polar surface area (TPSA) is 83.0 Å². The van der Waals surface area contributed by atoms with Crippen LogP contribution in [0.2, 0.25) is 5.15 Å². The molecule has 0 atom stereocenters. The molecular weight excluding hydrogens is 413 g/mol. The molecule has 1 aromatic carbocycles. The van der Waals surface area contributed by atoms with E-state index in [4.69, 9.17) is 20.9 Å². The fraction of sp³-hybridized carbons (Fsp3) is 0.222. The van der Waals surface area contributed by atoms with Crippen LogP contribution in [0.4, 0.5) is 13.2 Å². The Morgan fingerprint density at radius 1 is 1.38 bits per heavy atom. The number of nitrogens with zero attached hydrogens (tertiary/aromatic N) is 4. The number of esters is 1. The summed E-state index contributed by atoms with van der Waals surface area (Å²) in [5.74, 6) is -0.798. The predicted octanol–water partition coefficient (Wildman–Crippen LogP) is 4.21. The largest absolute Gasteiger partial charge is 0.452 e. The second kappa shape index (κ2) is 8.08. The van der Waals surface area contributed by atoms with Gasteiger partial charge >= 0.3 is 12.1 Å². The van der Waals surface area contributed by atoms with Crippen LogP contribution in [0.3, 0.4) is 0 Å². The van der Waals surface area contributed by atoms with Crippen molar-refractivity contribution in [2.24, 2.45) is 7.05 Å². The molecule has 2 aromatic heterocycles. The minimum Gasteiger partial charge on any atom is -0.452 e. The van der Waals surface area contributed by atoms with Crippen LogP contribution in [-0.2, 0) is 29.4 Å². The maximum atomic E-state index is 12.8. The average molecular weight is 427 g/mol. The van der Waals surface area contributed by atoms with E-state index < -0.39 is 17.7 Å². The van der Waals surface area contributed by atoms with Crippen molar-refractivity contribution in [3.8, 4) is 11.4 Å². The number of aromatic nitrogens is 4. The average Bonchev–Trinajstić information content (AvgIpc) is 3.23. The lowest BCUT2D eigenvalue weighted by atomic mass is 10.1. The highest BCUT2D eigenvalue weighted by molar-refractivity contribution is 6.31. The number of benzene rings is 1. The monoisotopic (exact) mass is 426 g/mol. The van der Waals surface area contributed by atoms with Gasteiger partial charge in [0.15, 0.2) is 6.61 Å². The second-order valence-electron chi connectivity index (χ2n) is 5.94. The van der Waals surface area contributed by atoms with E-state index in [2.05, 4.69) is 15.2 Å². The van der Waals surface area contributed by atoms with Crippen LogP contribution in [0.5, 0.6) is 0 Å². The van der Waals surface area contributed by atoms with E-state index in [0.717, 1.165) is 12.1 Å². The molecule has 0 N–H and O–H groups in total. The molecule has 0 aliphatic heterocycles. The highest BCUT2D eigenvalue weighted by atomic mass is 35.5. The SMILES string of the molecule is Cc1nn(C)c(Cl)c1/C=C/C(=O)OCc1nc(-c2cccc(C(F)(F)F)c2)no1. The van der Waals surface area contributed by atoms with Crippen LogP contribution in [0.1, 0.15) is 22.7 Å². The predicted molar refractivity (Wildman–Crippen MR) is 96.5 cm³/mol. The minimum absolute atomic E-state index is 0.0459. The van der Waals surface area contributed by atoms with Crippen molar-refractivity contribution in [3.05, 3.63) is 58.2 Å². The minimum atomic E-state index is -4.49. The van der Waals surface area contributed by atoms with Gasteiger partial charge in [0.05, 0.1) is 11.3 Å². The molecule has 0 bridgehead atoms. The Hall–Kier alpha value is -3.14. The highest BCUT2D eigenvalue weighted by Gasteiger charge is 2.30. The first kappa shape index (κ1) is 20.6. The third kappa shape index (κ3) is 4.83. The summed E-state index contributed by atoms with van der Waals surface area (Å²) in [7, 11) is 1.67. The zero-order valence-electron chi connectivity index (χ0n) is 15.2. The first-order chi connectivity index (χ1) is 13.6. The first-order valence-electron chi connectivity index (χ1n) is 8.19. The number of hydrogen-bond donors (Lipinski definition) is 0. The van der Waals surface area contributed by atoms with Crippen molar-refractivity contribution in [1.29, 1.82) is 0 Å². The van der Waals surface area contributed by atoms with Crippen LogP contribution >= 0.6 is 11.6 Å². The number of halogens is 4. The van der Waals surface area contributed by atoms with E-state index in [1.807, 2.05) is 0 Å². The Balaban J connectivity index is 1.64. The van der Waals surface area contributed by atoms with Crippen LogP contribution < -0.4 is 0 Å². The fourth-order valence-electron chi connectivity index (χ4n) is 2.43. The molecule has 2 heterocycles. The van der Waals surface area contributed by atoms with Crippen molar-refractivity contribution in [1.82, 2.24) is 19.9 Å². The Bertz CT molecular complexity index is 1070. The normalized spacial score (nSPS) is 11.9. The summed E-state index contributed by atoms with van der Waals surface area (Å²) < 4.78 is 49.8. The number of carbonyl (C=O) groups excluding carboxylic acids is 1. The smallest absolute Gasteiger partial charge is 0.416 e. The van der Waals surface area contributed by atoms with Crippen molar-refractivity contribution in [2.45, 2.75) is 19.7 Å². The molecule has 3 rings (SSSR count). The summed E-state index contributed by atoms with van der Waals surface area (Å²) in [5, 5.41) is 8.10. The number of alkyl halides is 3. The molecule has 0 unspecified atom stereocenters. The summed E-state index contributed by atoms with van der Waals surface area (Å²) >= 11 is 6.06.